The maximum absolute atomic E-state index is 13.3. The first-order valence-electron chi connectivity index (χ1n) is 19.3. The molecule has 0 fully saturated rings. The summed E-state index contributed by atoms with van der Waals surface area (Å²) >= 11 is 0. The summed E-state index contributed by atoms with van der Waals surface area (Å²) in [7, 11) is -6.55. The summed E-state index contributed by atoms with van der Waals surface area (Å²) < 4.78 is 74.6. The number of carbonyl (C=O) groups is 2. The number of rotatable bonds is 26. The maximum Gasteiger partial charge on any atom is 0.323 e. The molecule has 5 aromatic rings. The molecular formula is C40H50N8O11S2. The number of imidazole rings is 1. The largest absolute Gasteiger partial charge is 0.480 e. The van der Waals surface area contributed by atoms with E-state index in [0.717, 1.165) is 12.0 Å². The van der Waals surface area contributed by atoms with Gasteiger partial charge in [0.25, 0.3) is 5.91 Å². The molecule has 1 unspecified atom stereocenters. The van der Waals surface area contributed by atoms with Crippen LogP contribution < -0.4 is 31.2 Å². The quantitative estimate of drug-likeness (QED) is 0.0390. The fraction of sp³-hybridized carbons (Fsp3) is 0.350. The molecule has 0 bridgehead atoms. The molecule has 5 rings (SSSR count). The van der Waals surface area contributed by atoms with Gasteiger partial charge in [-0.05, 0) is 72.5 Å². The molecule has 0 aliphatic heterocycles. The van der Waals surface area contributed by atoms with Gasteiger partial charge in [-0.25, -0.2) is 26.5 Å². The number of aryl methyl sites for hydroxylation is 1. The van der Waals surface area contributed by atoms with Crippen LogP contribution in [-0.4, -0.2) is 114 Å². The van der Waals surface area contributed by atoms with Crippen LogP contribution in [0.4, 0.5) is 5.95 Å². The number of benzene rings is 3. The van der Waals surface area contributed by atoms with Crippen LogP contribution in [0.3, 0.4) is 0 Å². The Bertz CT molecular complexity index is 2500. The summed E-state index contributed by atoms with van der Waals surface area (Å²) in [4.78, 5) is 45.4. The smallest absolute Gasteiger partial charge is 0.323 e. The van der Waals surface area contributed by atoms with Gasteiger partial charge in [0.05, 0.1) is 41.7 Å². The molecule has 3 aromatic carbocycles. The van der Waals surface area contributed by atoms with Crippen molar-refractivity contribution in [1.82, 2.24) is 29.3 Å². The average molecular weight is 883 g/mol. The van der Waals surface area contributed by atoms with Crippen LogP contribution in [0.2, 0.25) is 0 Å². The van der Waals surface area contributed by atoms with Crippen LogP contribution in [0, 0.1) is 0 Å². The lowest BCUT2D eigenvalue weighted by atomic mass is 10.1. The maximum atomic E-state index is 13.3. The second kappa shape index (κ2) is 22.4. The molecule has 0 aliphatic rings. The number of aliphatic carboxylic acids is 1. The number of sulfonamides is 2. The van der Waals surface area contributed by atoms with E-state index >= 15 is 0 Å². The Morgan fingerprint density at radius 3 is 2.05 bits per heavy atom. The second-order valence-electron chi connectivity index (χ2n) is 13.6. The monoisotopic (exact) mass is 882 g/mol. The van der Waals surface area contributed by atoms with E-state index in [1.165, 1.54) is 42.6 Å². The number of fused-ring (bicyclic) bond motifs is 1. The molecule has 2 heterocycles. The minimum atomic E-state index is -4.40. The van der Waals surface area contributed by atoms with Crippen molar-refractivity contribution in [3.8, 4) is 11.1 Å². The highest BCUT2D eigenvalue weighted by atomic mass is 32.2. The summed E-state index contributed by atoms with van der Waals surface area (Å²) in [6.45, 7) is 3.14. The molecule has 0 radical (unpaired) electrons. The fourth-order valence-electron chi connectivity index (χ4n) is 5.92. The number of amides is 1. The van der Waals surface area contributed by atoms with Gasteiger partial charge in [0.1, 0.15) is 11.6 Å². The van der Waals surface area contributed by atoms with Crippen molar-refractivity contribution in [1.29, 1.82) is 0 Å². The number of pyridine rings is 1. The van der Waals surface area contributed by atoms with Crippen LogP contribution in [0.15, 0.2) is 99.9 Å². The van der Waals surface area contributed by atoms with Crippen LogP contribution in [0.25, 0.3) is 22.0 Å². The van der Waals surface area contributed by atoms with E-state index in [2.05, 4.69) is 30.0 Å². The molecule has 1 amide bonds. The number of hydrogen-bond acceptors (Lipinski definition) is 13. The molecule has 21 heteroatoms. The Labute approximate surface area is 353 Å². The summed E-state index contributed by atoms with van der Waals surface area (Å²) in [5.41, 5.74) is 7.14. The average Bonchev–Trinajstić information content (AvgIpc) is 3.78. The number of aromatic amines is 1. The number of ether oxygens (including phenoxy) is 3. The molecule has 2 aromatic heterocycles. The fourth-order valence-corrected chi connectivity index (χ4v) is 8.18. The van der Waals surface area contributed by atoms with Gasteiger partial charge in [-0.1, -0.05) is 30.3 Å². The summed E-state index contributed by atoms with van der Waals surface area (Å²) in [6, 6.07) is 14.9. The molecule has 0 saturated carbocycles. The van der Waals surface area contributed by atoms with Gasteiger partial charge < -0.3 is 45.2 Å². The molecule has 61 heavy (non-hydrogen) atoms. The Morgan fingerprint density at radius 1 is 0.852 bits per heavy atom. The Kier molecular flexibility index (Phi) is 17.1. The predicted molar refractivity (Wildman–Crippen MR) is 227 cm³/mol. The lowest BCUT2D eigenvalue weighted by Gasteiger charge is -2.16. The number of hydrogen-bond donors (Lipinski definition) is 7. The van der Waals surface area contributed by atoms with E-state index < -0.39 is 49.9 Å². The van der Waals surface area contributed by atoms with Crippen LogP contribution >= 0.6 is 0 Å². The van der Waals surface area contributed by atoms with Gasteiger partial charge in [-0.2, -0.15) is 4.72 Å². The number of nitrogens with two attached hydrogens (primary N) is 1. The highest BCUT2D eigenvalue weighted by Gasteiger charge is 2.27. The van der Waals surface area contributed by atoms with Crippen molar-refractivity contribution < 1.29 is 45.7 Å². The third kappa shape index (κ3) is 13.5. The van der Waals surface area contributed by atoms with Crippen molar-refractivity contribution in [2.24, 2.45) is 12.8 Å². The number of carboxylic acids is 1. The number of aromatic nitrogens is 3. The standard InChI is InChI=1S/C40H50N8O11S2/c1-48-27-34(37(49)33-13-4-28(24-36(33)48)25-45-40-42-16-17-43-40)38(50)44-26-35(39(51)52)47-61(55,56)32-11-7-30(8-12-32)29-5-9-31(10-6-29)60(53,54)46-15-3-19-58-21-23-59-22-20-57-18-2-14-41/h4-13,16-17,24,27,35,46-47H,2-3,14-15,18-23,25-26,41H2,1H3,(H,44,50)(H,51,52)(H2,42,43,45). The molecule has 0 spiro atoms. The van der Waals surface area contributed by atoms with Gasteiger partial charge in [-0.3, -0.25) is 14.4 Å². The molecule has 8 N–H and O–H groups in total. The zero-order valence-corrected chi connectivity index (χ0v) is 35.1. The van der Waals surface area contributed by atoms with E-state index in [4.69, 9.17) is 19.9 Å². The van der Waals surface area contributed by atoms with Gasteiger partial charge >= 0.3 is 5.97 Å². The van der Waals surface area contributed by atoms with Crippen LogP contribution in [0.5, 0.6) is 0 Å². The summed E-state index contributed by atoms with van der Waals surface area (Å²) in [5.74, 6) is -1.86. The molecule has 0 saturated heterocycles. The molecule has 19 nitrogen and oxygen atoms in total. The normalized spacial score (nSPS) is 12.4. The number of nitrogens with one attached hydrogen (secondary N) is 5. The van der Waals surface area contributed by atoms with Gasteiger partial charge in [0.2, 0.25) is 25.5 Å². The summed E-state index contributed by atoms with van der Waals surface area (Å²) in [5, 5.41) is 15.6. The van der Waals surface area contributed by atoms with Crippen molar-refractivity contribution in [2.45, 2.75) is 35.2 Å². The number of anilines is 1. The van der Waals surface area contributed by atoms with Crippen molar-refractivity contribution in [3.05, 3.63) is 107 Å². The lowest BCUT2D eigenvalue weighted by Crippen LogP contribution is -2.48. The van der Waals surface area contributed by atoms with E-state index in [1.54, 1.807) is 54.3 Å². The SMILES string of the molecule is Cn1cc(C(=O)NCC(NS(=O)(=O)c2ccc(-c3ccc(S(=O)(=O)NCCCOCCOCCOCCCN)cc3)cc2)C(=O)O)c(=O)c2ccc(CNc3ncc[nH]3)cc21. The number of nitrogens with zero attached hydrogens (tertiary/aromatic N) is 2. The van der Waals surface area contributed by atoms with Crippen LogP contribution in [-0.2, 0) is 52.6 Å². The number of carbonyl (C=O) groups excluding carboxylic acids is 1. The van der Waals surface area contributed by atoms with E-state index in [1.807, 2.05) is 0 Å². The predicted octanol–water partition coefficient (Wildman–Crippen LogP) is 1.77. The summed E-state index contributed by atoms with van der Waals surface area (Å²) in [6.07, 6.45) is 5.87. The molecule has 328 valence electrons. The first-order chi connectivity index (χ1) is 29.3. The number of carboxylic acid groups (broad SMARTS) is 1. The van der Waals surface area contributed by atoms with E-state index in [0.29, 0.717) is 81.7 Å². The molecule has 1 atom stereocenters. The highest BCUT2D eigenvalue weighted by molar-refractivity contribution is 7.89. The zero-order chi connectivity index (χ0) is 43.8. The highest BCUT2D eigenvalue weighted by Crippen LogP contribution is 2.23. The molecular weight excluding hydrogens is 833 g/mol. The number of H-pyrrole nitrogens is 1. The van der Waals surface area contributed by atoms with Crippen molar-refractivity contribution in [2.75, 3.05) is 64.6 Å². The molecule has 0 aliphatic carbocycles. The minimum Gasteiger partial charge on any atom is -0.480 e. The Hall–Kier alpha value is -5.52. The third-order valence-electron chi connectivity index (χ3n) is 9.18. The third-order valence-corrected chi connectivity index (χ3v) is 12.1. The van der Waals surface area contributed by atoms with Gasteiger partial charge in [-0.15, -0.1) is 0 Å². The van der Waals surface area contributed by atoms with Gasteiger partial charge in [0.15, 0.2) is 5.95 Å². The van der Waals surface area contributed by atoms with Gasteiger partial charge in [0, 0.05) is 63.9 Å². The van der Waals surface area contributed by atoms with E-state index in [-0.39, 0.29) is 27.3 Å². The van der Waals surface area contributed by atoms with Crippen molar-refractivity contribution >= 4 is 48.8 Å². The minimum absolute atomic E-state index is 0.0414. The van der Waals surface area contributed by atoms with Crippen molar-refractivity contribution in [3.63, 3.8) is 0 Å². The Morgan fingerprint density at radius 2 is 1.46 bits per heavy atom. The zero-order valence-electron chi connectivity index (χ0n) is 33.5. The first-order valence-corrected chi connectivity index (χ1v) is 22.3. The van der Waals surface area contributed by atoms with Crippen LogP contribution in [0.1, 0.15) is 28.8 Å². The Balaban J connectivity index is 1.10. The first kappa shape index (κ1) is 46.5. The lowest BCUT2D eigenvalue weighted by molar-refractivity contribution is -0.138. The topological polar surface area (TPSA) is 275 Å². The second-order valence-corrected chi connectivity index (χ2v) is 17.1. The van der Waals surface area contributed by atoms with E-state index in [9.17, 15) is 36.3 Å².